The largest absolute Gasteiger partial charge is 0.459 e. The number of hydrogen-bond acceptors (Lipinski definition) is 4. The highest BCUT2D eigenvalue weighted by molar-refractivity contribution is 5.98. The Morgan fingerprint density at radius 1 is 1.36 bits per heavy atom. The van der Waals surface area contributed by atoms with Crippen molar-refractivity contribution in [3.63, 3.8) is 0 Å². The van der Waals surface area contributed by atoms with Gasteiger partial charge in [0.2, 0.25) is 0 Å². The number of ether oxygens (including phenoxy) is 1. The maximum Gasteiger partial charge on any atom is 0.290 e. The Morgan fingerprint density at radius 3 is 2.68 bits per heavy atom. The molecule has 1 N–H and O–H groups in total. The molecule has 2 rings (SSSR count). The molecule has 5 nitrogen and oxygen atoms in total. The Hall–Kier alpha value is -2.18. The summed E-state index contributed by atoms with van der Waals surface area (Å²) in [7, 11) is 3.04. The summed E-state index contributed by atoms with van der Waals surface area (Å²) in [5, 5.41) is 9.69. The van der Waals surface area contributed by atoms with Crippen molar-refractivity contribution in [2.75, 3.05) is 27.3 Å². The lowest BCUT2D eigenvalue weighted by Gasteiger charge is -2.20. The number of carbonyl (C=O) groups is 1. The molecule has 0 fully saturated rings. The average molecular weight is 307 g/mol. The first-order valence-electron chi connectivity index (χ1n) is 6.78. The zero-order chi connectivity index (χ0) is 16.1. The van der Waals surface area contributed by atoms with E-state index < -0.39 is 6.10 Å². The van der Waals surface area contributed by atoms with Crippen LogP contribution in [0.3, 0.4) is 0 Å². The van der Waals surface area contributed by atoms with E-state index in [1.807, 2.05) is 0 Å². The molecule has 1 unspecified atom stereocenters. The van der Waals surface area contributed by atoms with Crippen molar-refractivity contribution in [3.8, 4) is 11.1 Å². The Kier molecular flexibility index (Phi) is 5.30. The summed E-state index contributed by atoms with van der Waals surface area (Å²) in [5.74, 6) is -0.557. The molecule has 2 aromatic rings. The number of nitrogens with zero attached hydrogens (tertiary/aromatic N) is 1. The number of halogens is 1. The van der Waals surface area contributed by atoms with Crippen molar-refractivity contribution in [1.29, 1.82) is 0 Å². The molecule has 1 atom stereocenters. The van der Waals surface area contributed by atoms with Gasteiger partial charge in [0.05, 0.1) is 19.0 Å². The molecule has 0 aliphatic heterocycles. The Balaban J connectivity index is 2.17. The van der Waals surface area contributed by atoms with Crippen molar-refractivity contribution in [1.82, 2.24) is 4.90 Å². The van der Waals surface area contributed by atoms with Gasteiger partial charge in [-0.1, -0.05) is 12.1 Å². The fraction of sp³-hybridized carbons (Fsp3) is 0.312. The summed E-state index contributed by atoms with van der Waals surface area (Å²) in [6.07, 6.45) is 0.633. The summed E-state index contributed by atoms with van der Waals surface area (Å²) in [5.41, 5.74) is 1.27. The lowest BCUT2D eigenvalue weighted by molar-refractivity contribution is 0.0368. The van der Waals surface area contributed by atoms with Crippen LogP contribution < -0.4 is 0 Å². The summed E-state index contributed by atoms with van der Waals surface area (Å²) >= 11 is 0. The van der Waals surface area contributed by atoms with Crippen molar-refractivity contribution >= 4 is 5.91 Å². The molecule has 6 heteroatoms. The summed E-state index contributed by atoms with van der Waals surface area (Å²) < 4.78 is 23.1. The molecule has 1 amide bonds. The average Bonchev–Trinajstić information content (AvgIpc) is 2.96. The third-order valence-corrected chi connectivity index (χ3v) is 3.21. The van der Waals surface area contributed by atoms with Crippen LogP contribution in [0.25, 0.3) is 11.1 Å². The highest BCUT2D eigenvalue weighted by Gasteiger charge is 2.22. The molecular formula is C16H18FNO4. The van der Waals surface area contributed by atoms with Crippen molar-refractivity contribution < 1.29 is 23.4 Å². The Labute approximate surface area is 127 Å². The van der Waals surface area contributed by atoms with E-state index >= 15 is 0 Å². The first-order chi connectivity index (χ1) is 10.5. The normalized spacial score (nSPS) is 12.2. The van der Waals surface area contributed by atoms with Crippen LogP contribution in [0.2, 0.25) is 0 Å². The molecule has 1 aromatic carbocycles. The van der Waals surface area contributed by atoms with Gasteiger partial charge in [0.15, 0.2) is 5.76 Å². The van der Waals surface area contributed by atoms with Gasteiger partial charge < -0.3 is 19.2 Å². The highest BCUT2D eigenvalue weighted by Crippen LogP contribution is 2.26. The molecule has 0 aliphatic rings. The predicted octanol–water partition coefficient (Wildman–Crippen LogP) is 2.17. The van der Waals surface area contributed by atoms with E-state index in [1.165, 1.54) is 30.4 Å². The van der Waals surface area contributed by atoms with Crippen molar-refractivity contribution in [2.24, 2.45) is 0 Å². The van der Waals surface area contributed by atoms with Crippen LogP contribution in [0.15, 0.2) is 41.0 Å². The minimum absolute atomic E-state index is 0.121. The van der Waals surface area contributed by atoms with Crippen LogP contribution >= 0.6 is 0 Å². The molecule has 0 saturated heterocycles. The van der Waals surface area contributed by atoms with Gasteiger partial charge >= 0.3 is 0 Å². The minimum Gasteiger partial charge on any atom is -0.459 e. The number of rotatable bonds is 6. The van der Waals surface area contributed by atoms with Gasteiger partial charge in [-0.2, -0.15) is 0 Å². The standard InChI is InChI=1S/C16H18FNO4/c1-18(9-13(19)10-21-2)16(20)15-14(7-8-22-15)11-3-5-12(17)6-4-11/h3-8,13,19H,9-10H2,1-2H3. The van der Waals surface area contributed by atoms with Gasteiger partial charge in [0.25, 0.3) is 5.91 Å². The molecule has 0 radical (unpaired) electrons. The second-order valence-corrected chi connectivity index (χ2v) is 4.97. The number of hydrogen-bond donors (Lipinski definition) is 1. The third-order valence-electron chi connectivity index (χ3n) is 3.21. The molecule has 0 spiro atoms. The fourth-order valence-electron chi connectivity index (χ4n) is 2.15. The van der Waals surface area contributed by atoms with Crippen LogP contribution in [0.5, 0.6) is 0 Å². The van der Waals surface area contributed by atoms with E-state index in [2.05, 4.69) is 0 Å². The number of amides is 1. The Morgan fingerprint density at radius 2 is 2.05 bits per heavy atom. The number of methoxy groups -OCH3 is 1. The molecule has 0 bridgehead atoms. The topological polar surface area (TPSA) is 62.9 Å². The fourth-order valence-corrected chi connectivity index (χ4v) is 2.15. The van der Waals surface area contributed by atoms with Gasteiger partial charge in [-0.25, -0.2) is 4.39 Å². The van der Waals surface area contributed by atoms with Gasteiger partial charge in [-0.15, -0.1) is 0 Å². The quantitative estimate of drug-likeness (QED) is 0.888. The zero-order valence-corrected chi connectivity index (χ0v) is 12.5. The number of likely N-dealkylation sites (N-methyl/N-ethyl adjacent to an activating group) is 1. The maximum atomic E-state index is 13.0. The zero-order valence-electron chi connectivity index (χ0n) is 12.5. The van der Waals surface area contributed by atoms with Crippen molar-refractivity contribution in [3.05, 3.63) is 48.2 Å². The van der Waals surface area contributed by atoms with Gasteiger partial charge in [-0.05, 0) is 23.8 Å². The van der Waals surface area contributed by atoms with Crippen LogP contribution in [-0.4, -0.2) is 49.3 Å². The predicted molar refractivity (Wildman–Crippen MR) is 78.9 cm³/mol. The number of furan rings is 1. The van der Waals surface area contributed by atoms with Crippen LogP contribution in [0.4, 0.5) is 4.39 Å². The van der Waals surface area contributed by atoms with E-state index in [-0.39, 0.29) is 30.6 Å². The van der Waals surface area contributed by atoms with Crippen LogP contribution in [-0.2, 0) is 4.74 Å². The molecule has 1 heterocycles. The number of aliphatic hydroxyl groups is 1. The highest BCUT2D eigenvalue weighted by atomic mass is 19.1. The number of carbonyl (C=O) groups excluding carboxylic acids is 1. The second kappa shape index (κ2) is 7.20. The molecule has 118 valence electrons. The van der Waals surface area contributed by atoms with E-state index in [1.54, 1.807) is 25.2 Å². The second-order valence-electron chi connectivity index (χ2n) is 4.97. The molecule has 1 aromatic heterocycles. The summed E-state index contributed by atoms with van der Waals surface area (Å²) in [4.78, 5) is 13.8. The first-order valence-corrected chi connectivity index (χ1v) is 6.78. The van der Waals surface area contributed by atoms with Gasteiger partial charge in [-0.3, -0.25) is 4.79 Å². The van der Waals surface area contributed by atoms with E-state index in [4.69, 9.17) is 9.15 Å². The number of benzene rings is 1. The SMILES string of the molecule is COCC(O)CN(C)C(=O)c1occc1-c1ccc(F)cc1. The van der Waals surface area contributed by atoms with Gasteiger partial charge in [0.1, 0.15) is 5.82 Å². The monoisotopic (exact) mass is 307 g/mol. The molecular weight excluding hydrogens is 289 g/mol. The summed E-state index contributed by atoms with van der Waals surface area (Å²) in [6, 6.07) is 7.46. The number of aliphatic hydroxyl groups excluding tert-OH is 1. The van der Waals surface area contributed by atoms with Crippen molar-refractivity contribution in [2.45, 2.75) is 6.10 Å². The lowest BCUT2D eigenvalue weighted by atomic mass is 10.1. The van der Waals surface area contributed by atoms with Crippen LogP contribution in [0, 0.1) is 5.82 Å². The van der Waals surface area contributed by atoms with E-state index in [9.17, 15) is 14.3 Å². The smallest absolute Gasteiger partial charge is 0.290 e. The van der Waals surface area contributed by atoms with Gasteiger partial charge in [0, 0.05) is 26.3 Å². The maximum absolute atomic E-state index is 13.0. The minimum atomic E-state index is -0.775. The molecule has 0 aliphatic carbocycles. The van der Waals surface area contributed by atoms with E-state index in [0.29, 0.717) is 11.1 Å². The van der Waals surface area contributed by atoms with E-state index in [0.717, 1.165) is 0 Å². The molecule has 22 heavy (non-hydrogen) atoms. The lowest BCUT2D eigenvalue weighted by Crippen LogP contribution is -2.36. The third kappa shape index (κ3) is 3.72. The first kappa shape index (κ1) is 16.2. The van der Waals surface area contributed by atoms with Crippen LogP contribution in [0.1, 0.15) is 10.6 Å². The molecule has 0 saturated carbocycles. The summed E-state index contributed by atoms with van der Waals surface area (Å²) in [6.45, 7) is 0.261. The Bertz CT molecular complexity index is 623.